The van der Waals surface area contributed by atoms with Gasteiger partial charge in [0.15, 0.2) is 11.5 Å². The minimum Gasteiger partial charge on any atom is -0.433 e. The Bertz CT molecular complexity index is 3950. The zero-order valence-electron chi connectivity index (χ0n) is 51.0. The Balaban J connectivity index is 0.000000226. The second kappa shape index (κ2) is 36.2. The lowest BCUT2D eigenvalue weighted by Crippen LogP contribution is -2.32. The van der Waals surface area contributed by atoms with E-state index >= 15 is 0 Å². The Morgan fingerprint density at radius 1 is 0.559 bits per heavy atom. The van der Waals surface area contributed by atoms with Crippen molar-refractivity contribution in [3.05, 3.63) is 248 Å². The third kappa shape index (κ3) is 20.8. The number of nitriles is 2. The second-order valence-electron chi connectivity index (χ2n) is 21.0. The standard InChI is InChI=1S/C30H28ClN3O5.C26H25ClN2O3.C12H10O3P.C3H5NO.CH4/c1-19-7-3-4-8-23(19)28(35)33-22-11-12-24(20(2)17-22)29(36)34-15-5-9-27(39-30(37)38-16-6-14-32)25-18-21(31)10-13-26(25)34;1-16-6-3-4-7-20(16)25(31)28-19-10-11-21(17(2)14-19)26(32)29-13-5-8-24(30)22-15-18(27)9-12-23(22)29;13-16(14-11-7-3-1-4-8-11)15-12-9-5-2-6-10-12;4-2-1-3-5;/h3-4,7-8,10-13,17-18,27H,5-6,9,15-16H2,1-2H3,(H,33,35);3-4,6-7,9-12,14-15,24,30H,5,8,13H2,1-2H3,(H,28,31);1-10H;5H,1,3H2;1H4/q;;+1;;. The maximum Gasteiger partial charge on any atom is 0.805 e. The first-order chi connectivity index (χ1) is 44.4. The van der Waals surface area contributed by atoms with Crippen molar-refractivity contribution in [3.63, 3.8) is 0 Å². The van der Waals surface area contributed by atoms with Gasteiger partial charge in [-0.05, 0) is 185 Å². The number of ether oxygens (including phenoxy) is 2. The van der Waals surface area contributed by atoms with E-state index in [1.165, 1.54) is 0 Å². The zero-order chi connectivity index (χ0) is 66.1. The summed E-state index contributed by atoms with van der Waals surface area (Å²) in [6, 6.07) is 57.1. The predicted octanol–water partition coefficient (Wildman–Crippen LogP) is 16.8. The number of anilines is 4. The molecule has 8 aromatic rings. The van der Waals surface area contributed by atoms with Crippen LogP contribution < -0.4 is 29.5 Å². The molecule has 4 N–H and O–H groups in total. The van der Waals surface area contributed by atoms with E-state index in [-0.39, 0.29) is 57.1 Å². The van der Waals surface area contributed by atoms with Gasteiger partial charge < -0.3 is 40.1 Å². The van der Waals surface area contributed by atoms with Crippen LogP contribution in [-0.4, -0.2) is 66.3 Å². The Kier molecular flexibility index (Phi) is 28.1. The van der Waals surface area contributed by atoms with E-state index in [9.17, 15) is 33.6 Å². The molecule has 18 nitrogen and oxygen atoms in total. The van der Waals surface area contributed by atoms with Gasteiger partial charge in [0.1, 0.15) is 12.7 Å². The molecule has 2 heterocycles. The normalized spacial score (nSPS) is 13.4. The smallest absolute Gasteiger partial charge is 0.433 e. The number of aliphatic hydroxyl groups is 2. The molecular formula is C72H72Cl2N6O12P+. The largest absolute Gasteiger partial charge is 0.805 e. The molecule has 2 atom stereocenters. The van der Waals surface area contributed by atoms with E-state index < -0.39 is 26.6 Å². The van der Waals surface area contributed by atoms with Gasteiger partial charge in [0, 0.05) is 78.1 Å². The monoisotopic (exact) mass is 1310 g/mol. The molecule has 4 amide bonds. The fraction of sp³-hybridized carbons (Fsp3) is 0.236. The van der Waals surface area contributed by atoms with Crippen LogP contribution in [0.5, 0.6) is 11.5 Å². The first-order valence-corrected chi connectivity index (χ1v) is 31.2. The highest BCUT2D eigenvalue weighted by Crippen LogP contribution is 2.40. The lowest BCUT2D eigenvalue weighted by Gasteiger charge is -2.25. The van der Waals surface area contributed by atoms with Crippen molar-refractivity contribution in [2.24, 2.45) is 0 Å². The number of nitrogens with one attached hydrogen (secondary N) is 2. The van der Waals surface area contributed by atoms with Gasteiger partial charge in [-0.3, -0.25) is 19.2 Å². The first-order valence-electron chi connectivity index (χ1n) is 29.4. The molecule has 93 heavy (non-hydrogen) atoms. The number of fused-ring (bicyclic) bond motifs is 2. The summed E-state index contributed by atoms with van der Waals surface area (Å²) < 4.78 is 32.2. The predicted molar refractivity (Wildman–Crippen MR) is 362 cm³/mol. The molecule has 2 aliphatic heterocycles. The summed E-state index contributed by atoms with van der Waals surface area (Å²) in [5.41, 5.74) is 9.23. The van der Waals surface area contributed by atoms with Crippen LogP contribution >= 0.6 is 31.5 Å². The van der Waals surface area contributed by atoms with Gasteiger partial charge >= 0.3 is 14.4 Å². The maximum atomic E-state index is 13.8. The Labute approximate surface area is 552 Å². The summed E-state index contributed by atoms with van der Waals surface area (Å²) in [5.74, 6) is 0.289. The third-order valence-electron chi connectivity index (χ3n) is 14.4. The second-order valence-corrected chi connectivity index (χ2v) is 22.7. The number of benzene rings is 8. The van der Waals surface area contributed by atoms with Crippen molar-refractivity contribution in [3.8, 4) is 23.6 Å². The fourth-order valence-corrected chi connectivity index (χ4v) is 10.9. The molecule has 21 heteroatoms. The molecule has 0 fully saturated rings. The van der Waals surface area contributed by atoms with Crippen LogP contribution in [0.1, 0.15) is 133 Å². The summed E-state index contributed by atoms with van der Waals surface area (Å²) in [7, 11) is -2.18. The zero-order valence-corrected chi connectivity index (χ0v) is 53.4. The number of amides is 4. The minimum atomic E-state index is -2.18. The highest BCUT2D eigenvalue weighted by molar-refractivity contribution is 7.34. The van der Waals surface area contributed by atoms with Crippen LogP contribution in [0.2, 0.25) is 10.0 Å². The van der Waals surface area contributed by atoms with Crippen LogP contribution in [-0.2, 0) is 14.0 Å². The van der Waals surface area contributed by atoms with Crippen molar-refractivity contribution in [2.75, 3.05) is 46.7 Å². The summed E-state index contributed by atoms with van der Waals surface area (Å²) in [4.78, 5) is 68.1. The average Bonchev–Trinajstić information content (AvgIpc) is 1.93. The maximum absolute atomic E-state index is 13.8. The van der Waals surface area contributed by atoms with Crippen molar-refractivity contribution < 1.29 is 57.3 Å². The van der Waals surface area contributed by atoms with E-state index in [0.717, 1.165) is 16.7 Å². The molecule has 0 saturated carbocycles. The molecule has 0 bridgehead atoms. The number of hydrogen-bond acceptors (Lipinski definition) is 14. The fourth-order valence-electron chi connectivity index (χ4n) is 9.88. The van der Waals surface area contributed by atoms with Crippen LogP contribution in [0.4, 0.5) is 27.5 Å². The van der Waals surface area contributed by atoms with Gasteiger partial charge in [-0.2, -0.15) is 10.5 Å². The Morgan fingerprint density at radius 3 is 1.44 bits per heavy atom. The molecular weight excluding hydrogens is 1240 g/mol. The van der Waals surface area contributed by atoms with E-state index in [0.29, 0.717) is 122 Å². The molecule has 0 radical (unpaired) electrons. The SMILES string of the molecule is C.Cc1ccccc1C(=O)Nc1ccc(C(=O)N2CCCC(O)c3cc(Cl)ccc32)c(C)c1.Cc1ccccc1C(=O)Nc1ccc(C(=O)N2CCCC(OC(=O)OCCC#N)c3cc(Cl)ccc32)c(C)c1.N#CCCO.O=[P+](Oc1ccccc1)Oc1ccccc1. The molecule has 2 aliphatic rings. The summed E-state index contributed by atoms with van der Waals surface area (Å²) in [6.45, 7) is 8.28. The van der Waals surface area contributed by atoms with E-state index in [1.807, 2.05) is 82.3 Å². The molecule has 10 rings (SSSR count). The van der Waals surface area contributed by atoms with Crippen molar-refractivity contribution in [1.82, 2.24) is 0 Å². The number of nitrogens with zero attached hydrogens (tertiary/aromatic N) is 4. The number of carbonyl (C=O) groups excluding carboxylic acids is 5. The quantitative estimate of drug-likeness (QED) is 0.0449. The molecule has 0 aromatic heterocycles. The lowest BCUT2D eigenvalue weighted by molar-refractivity contribution is 0.0213. The van der Waals surface area contributed by atoms with Crippen LogP contribution in [0.25, 0.3) is 0 Å². The summed E-state index contributed by atoms with van der Waals surface area (Å²) in [6.07, 6.45) is 0.416. The Morgan fingerprint density at radius 2 is 1.00 bits per heavy atom. The van der Waals surface area contributed by atoms with Crippen molar-refractivity contribution >= 4 is 84.0 Å². The topological polar surface area (TPSA) is 258 Å². The Hall–Kier alpha value is -9.91. The molecule has 0 spiro atoms. The minimum absolute atomic E-state index is 0. The summed E-state index contributed by atoms with van der Waals surface area (Å²) >= 11 is 12.4. The summed E-state index contributed by atoms with van der Waals surface area (Å²) in [5, 5.41) is 41.4. The van der Waals surface area contributed by atoms with Crippen LogP contribution in [0, 0.1) is 50.4 Å². The van der Waals surface area contributed by atoms with Crippen molar-refractivity contribution in [2.45, 2.75) is 85.9 Å². The number of aryl methyl sites for hydroxylation is 4. The highest BCUT2D eigenvalue weighted by Gasteiger charge is 2.32. The van der Waals surface area contributed by atoms with Gasteiger partial charge in [0.05, 0.1) is 43.4 Å². The van der Waals surface area contributed by atoms with E-state index in [4.69, 9.17) is 57.4 Å². The van der Waals surface area contributed by atoms with Crippen molar-refractivity contribution in [1.29, 1.82) is 10.5 Å². The van der Waals surface area contributed by atoms with Gasteiger partial charge in [-0.1, -0.05) is 103 Å². The van der Waals surface area contributed by atoms with E-state index in [1.54, 1.807) is 149 Å². The molecule has 480 valence electrons. The molecule has 0 aliphatic carbocycles. The van der Waals surface area contributed by atoms with Gasteiger partial charge in [0.2, 0.25) is 0 Å². The van der Waals surface area contributed by atoms with Gasteiger partial charge in [-0.25, -0.2) is 13.8 Å². The number of aliphatic hydroxyl groups excluding tert-OH is 2. The number of rotatable bonds is 14. The third-order valence-corrected chi connectivity index (χ3v) is 15.6. The highest BCUT2D eigenvalue weighted by atomic mass is 35.5. The number of carbonyl (C=O) groups is 5. The van der Waals surface area contributed by atoms with Gasteiger partial charge in [0.25, 0.3) is 23.6 Å². The molecule has 2 unspecified atom stereocenters. The van der Waals surface area contributed by atoms with Crippen LogP contribution in [0.15, 0.2) is 182 Å². The van der Waals surface area contributed by atoms with Gasteiger partial charge in [-0.15, -0.1) is 0 Å². The first kappa shape index (κ1) is 72.2. The lowest BCUT2D eigenvalue weighted by atomic mass is 10.0. The number of para-hydroxylation sites is 2. The van der Waals surface area contributed by atoms with E-state index in [2.05, 4.69) is 10.6 Å². The number of halogens is 2. The molecule has 8 aromatic carbocycles. The molecule has 0 saturated heterocycles. The average molecular weight is 1320 g/mol. The van der Waals surface area contributed by atoms with Crippen LogP contribution in [0.3, 0.4) is 0 Å². The number of hydrogen-bond donors (Lipinski definition) is 4.